The molecule has 168 valence electrons. The third-order valence-electron chi connectivity index (χ3n) is 7.10. The number of anilines is 1. The van der Waals surface area contributed by atoms with Gasteiger partial charge in [0.2, 0.25) is 0 Å². The van der Waals surface area contributed by atoms with E-state index in [1.54, 1.807) is 7.11 Å². The van der Waals surface area contributed by atoms with Crippen molar-refractivity contribution < 1.29 is 14.3 Å². The zero-order valence-corrected chi connectivity index (χ0v) is 18.8. The van der Waals surface area contributed by atoms with E-state index >= 15 is 0 Å². The van der Waals surface area contributed by atoms with Gasteiger partial charge in [0.05, 0.1) is 13.8 Å². The summed E-state index contributed by atoms with van der Waals surface area (Å²) in [6, 6.07) is 14.0. The molecule has 7 nitrogen and oxygen atoms in total. The number of carbonyl (C=O) groups excluding carboxylic acids is 2. The van der Waals surface area contributed by atoms with Crippen LogP contribution < -0.4 is 15.0 Å². The fraction of sp³-hybridized carbons (Fsp3) is 0.440. The number of methoxy groups -OCH3 is 1. The molecule has 1 aliphatic carbocycles. The maximum Gasteiger partial charge on any atom is 0.326 e. The number of hydrogen-bond donors (Lipinski definition) is 1. The predicted molar refractivity (Wildman–Crippen MR) is 123 cm³/mol. The molecule has 2 fully saturated rings. The van der Waals surface area contributed by atoms with Crippen molar-refractivity contribution in [1.82, 2.24) is 15.1 Å². The Morgan fingerprint density at radius 1 is 0.969 bits per heavy atom. The number of piperazine rings is 1. The minimum atomic E-state index is -1.00. The van der Waals surface area contributed by atoms with Crippen LogP contribution in [0, 0.1) is 0 Å². The number of amides is 3. The summed E-state index contributed by atoms with van der Waals surface area (Å²) >= 11 is 0. The van der Waals surface area contributed by atoms with Gasteiger partial charge in [0.25, 0.3) is 5.91 Å². The number of hydrogen-bond acceptors (Lipinski definition) is 5. The van der Waals surface area contributed by atoms with Gasteiger partial charge in [-0.25, -0.2) is 9.69 Å². The number of fused-ring (bicyclic) bond motifs is 1. The van der Waals surface area contributed by atoms with Crippen molar-refractivity contribution in [3.8, 4) is 5.75 Å². The van der Waals surface area contributed by atoms with E-state index in [0.29, 0.717) is 6.67 Å². The molecule has 1 atom stereocenters. The first-order valence-corrected chi connectivity index (χ1v) is 11.4. The van der Waals surface area contributed by atoms with Crippen molar-refractivity contribution in [3.05, 3.63) is 59.2 Å². The lowest BCUT2D eigenvalue weighted by Gasteiger charge is -2.37. The first-order chi connectivity index (χ1) is 15.5. The minimum Gasteiger partial charge on any atom is -0.497 e. The first-order valence-electron chi connectivity index (χ1n) is 11.4. The molecule has 0 spiro atoms. The van der Waals surface area contributed by atoms with Gasteiger partial charge in [-0.1, -0.05) is 18.2 Å². The van der Waals surface area contributed by atoms with E-state index in [0.717, 1.165) is 62.4 Å². The summed E-state index contributed by atoms with van der Waals surface area (Å²) in [5.41, 5.74) is 3.70. The molecule has 2 aliphatic heterocycles. The zero-order chi connectivity index (χ0) is 22.3. The van der Waals surface area contributed by atoms with Gasteiger partial charge in [0.1, 0.15) is 11.3 Å². The van der Waals surface area contributed by atoms with Gasteiger partial charge in [-0.05, 0) is 67.1 Å². The third kappa shape index (κ3) is 3.60. The molecule has 3 aliphatic rings. The van der Waals surface area contributed by atoms with Gasteiger partial charge in [-0.3, -0.25) is 9.69 Å². The normalized spacial score (nSPS) is 23.4. The van der Waals surface area contributed by atoms with Crippen molar-refractivity contribution in [2.75, 3.05) is 44.9 Å². The summed E-state index contributed by atoms with van der Waals surface area (Å²) < 4.78 is 5.24. The molecule has 2 aromatic carbocycles. The Morgan fingerprint density at radius 2 is 1.69 bits per heavy atom. The Labute approximate surface area is 188 Å². The van der Waals surface area contributed by atoms with Gasteiger partial charge in [0, 0.05) is 31.9 Å². The molecule has 1 unspecified atom stereocenters. The molecule has 0 aromatic heterocycles. The Balaban J connectivity index is 1.23. The predicted octanol–water partition coefficient (Wildman–Crippen LogP) is 2.73. The highest BCUT2D eigenvalue weighted by Gasteiger charge is 2.49. The maximum absolute atomic E-state index is 13.4. The Kier molecular flexibility index (Phi) is 5.29. The Hall–Kier alpha value is -3.06. The molecule has 0 saturated carbocycles. The molecule has 2 aromatic rings. The molecule has 2 saturated heterocycles. The van der Waals surface area contributed by atoms with Gasteiger partial charge < -0.3 is 15.0 Å². The average molecular weight is 435 g/mol. The van der Waals surface area contributed by atoms with Gasteiger partial charge in [0.15, 0.2) is 0 Å². The smallest absolute Gasteiger partial charge is 0.326 e. The average Bonchev–Trinajstić information content (AvgIpc) is 3.38. The number of carbonyl (C=O) groups is 2. The van der Waals surface area contributed by atoms with Crippen LogP contribution >= 0.6 is 0 Å². The van der Waals surface area contributed by atoms with E-state index in [-0.39, 0.29) is 11.9 Å². The lowest BCUT2D eigenvalue weighted by molar-refractivity contribution is -0.132. The van der Waals surface area contributed by atoms with Crippen LogP contribution in [0.25, 0.3) is 0 Å². The molecular formula is C25H30N4O3. The zero-order valence-electron chi connectivity index (χ0n) is 18.8. The number of urea groups is 1. The molecule has 3 amide bonds. The molecular weight excluding hydrogens is 404 g/mol. The minimum absolute atomic E-state index is 0.168. The molecule has 32 heavy (non-hydrogen) atoms. The molecule has 0 radical (unpaired) electrons. The second-order valence-corrected chi connectivity index (χ2v) is 9.07. The summed E-state index contributed by atoms with van der Waals surface area (Å²) in [5, 5.41) is 2.96. The summed E-state index contributed by atoms with van der Waals surface area (Å²) in [6.45, 7) is 5.42. The summed E-state index contributed by atoms with van der Waals surface area (Å²) in [6.07, 6.45) is 3.30. The van der Waals surface area contributed by atoms with Crippen molar-refractivity contribution >= 4 is 17.6 Å². The number of nitrogens with one attached hydrogen (secondary N) is 1. The van der Waals surface area contributed by atoms with Crippen molar-refractivity contribution in [2.45, 2.75) is 31.7 Å². The molecule has 7 heteroatoms. The standard InChI is InChI=1S/C25H30N4O3/c1-25(20-7-6-18-4-3-5-19(18)16-20)23(30)29(24(31)26-25)17-27-12-14-28(15-13-27)21-8-10-22(32-2)11-9-21/h6-11,16H,3-5,12-15,17H2,1-2H3,(H,26,31). The number of rotatable bonds is 5. The number of imide groups is 1. The highest BCUT2D eigenvalue weighted by atomic mass is 16.5. The first kappa shape index (κ1) is 20.8. The summed E-state index contributed by atoms with van der Waals surface area (Å²) in [5.74, 6) is 0.676. The van der Waals surface area contributed by atoms with Crippen LogP contribution in [-0.2, 0) is 23.2 Å². The highest BCUT2D eigenvalue weighted by molar-refractivity contribution is 6.07. The quantitative estimate of drug-likeness (QED) is 0.733. The van der Waals surface area contributed by atoms with Crippen LogP contribution in [0.15, 0.2) is 42.5 Å². The van der Waals surface area contributed by atoms with Crippen LogP contribution in [0.5, 0.6) is 5.75 Å². The van der Waals surface area contributed by atoms with E-state index in [4.69, 9.17) is 4.74 Å². The van der Waals surface area contributed by atoms with Crippen LogP contribution in [0.3, 0.4) is 0 Å². The third-order valence-corrected chi connectivity index (χ3v) is 7.10. The SMILES string of the molecule is COc1ccc(N2CCN(CN3C(=O)NC(C)(c4ccc5c(c4)CCC5)C3=O)CC2)cc1. The number of aryl methyl sites for hydroxylation is 2. The summed E-state index contributed by atoms with van der Waals surface area (Å²) in [4.78, 5) is 32.0. The monoisotopic (exact) mass is 434 g/mol. The second kappa shape index (κ2) is 8.13. The largest absolute Gasteiger partial charge is 0.497 e. The van der Waals surface area contributed by atoms with E-state index in [2.05, 4.69) is 39.4 Å². The van der Waals surface area contributed by atoms with Crippen LogP contribution in [0.2, 0.25) is 0 Å². The molecule has 5 rings (SSSR count). The Morgan fingerprint density at radius 3 is 2.41 bits per heavy atom. The van der Waals surface area contributed by atoms with Crippen molar-refractivity contribution in [2.24, 2.45) is 0 Å². The number of benzene rings is 2. The second-order valence-electron chi connectivity index (χ2n) is 9.07. The number of ether oxygens (including phenoxy) is 1. The topological polar surface area (TPSA) is 65.1 Å². The lowest BCUT2D eigenvalue weighted by atomic mass is 9.90. The van der Waals surface area contributed by atoms with Gasteiger partial charge >= 0.3 is 6.03 Å². The van der Waals surface area contributed by atoms with E-state index in [9.17, 15) is 9.59 Å². The fourth-order valence-electron chi connectivity index (χ4n) is 5.04. The van der Waals surface area contributed by atoms with Crippen molar-refractivity contribution in [3.63, 3.8) is 0 Å². The summed E-state index contributed by atoms with van der Waals surface area (Å²) in [7, 11) is 1.67. The van der Waals surface area contributed by atoms with Crippen LogP contribution in [0.4, 0.5) is 10.5 Å². The molecule has 0 bridgehead atoms. The fourth-order valence-corrected chi connectivity index (χ4v) is 5.04. The van der Waals surface area contributed by atoms with E-state index in [1.807, 2.05) is 25.1 Å². The molecule has 1 N–H and O–H groups in total. The Bertz CT molecular complexity index is 1030. The highest BCUT2D eigenvalue weighted by Crippen LogP contribution is 2.33. The lowest BCUT2D eigenvalue weighted by Crippen LogP contribution is -2.51. The van der Waals surface area contributed by atoms with Gasteiger partial charge in [-0.2, -0.15) is 0 Å². The van der Waals surface area contributed by atoms with Crippen molar-refractivity contribution in [1.29, 1.82) is 0 Å². The van der Waals surface area contributed by atoms with Crippen LogP contribution in [0.1, 0.15) is 30.0 Å². The van der Waals surface area contributed by atoms with Crippen LogP contribution in [-0.4, -0.2) is 61.7 Å². The van der Waals surface area contributed by atoms with E-state index < -0.39 is 5.54 Å². The number of nitrogens with zero attached hydrogens (tertiary/aromatic N) is 3. The molecule has 2 heterocycles. The van der Waals surface area contributed by atoms with E-state index in [1.165, 1.54) is 16.0 Å². The maximum atomic E-state index is 13.4. The van der Waals surface area contributed by atoms with Gasteiger partial charge in [-0.15, -0.1) is 0 Å².